The van der Waals surface area contributed by atoms with Crippen molar-refractivity contribution < 1.29 is 22.5 Å². The Balaban J connectivity index is 1.54. The van der Waals surface area contributed by atoms with Gasteiger partial charge in [-0.3, -0.25) is 4.79 Å². The Morgan fingerprint density at radius 3 is 2.09 bits per heavy atom. The van der Waals surface area contributed by atoms with E-state index >= 15 is 0 Å². The molecule has 1 saturated heterocycles. The summed E-state index contributed by atoms with van der Waals surface area (Å²) in [4.78, 5) is 26.1. The predicted octanol–water partition coefficient (Wildman–Crippen LogP) is 2.81. The molecule has 3 rings (SSSR count). The van der Waals surface area contributed by atoms with Gasteiger partial charge in [0.1, 0.15) is 10.6 Å². The van der Waals surface area contributed by atoms with Gasteiger partial charge in [-0.25, -0.2) is 13.2 Å². The van der Waals surface area contributed by atoms with E-state index in [1.165, 1.54) is 4.31 Å². The van der Waals surface area contributed by atoms with Crippen molar-refractivity contribution in [2.45, 2.75) is 39.0 Å². The van der Waals surface area contributed by atoms with Gasteiger partial charge < -0.3 is 20.1 Å². The SMILES string of the molecule is Cc1noc(C)c1S(=O)(=O)N1CCN(C(=O)Nc2ccc(NC(=O)CC(C)C)cc2)CC1. The molecule has 1 aromatic carbocycles. The van der Waals surface area contributed by atoms with Crippen molar-refractivity contribution in [3.8, 4) is 0 Å². The van der Waals surface area contributed by atoms with E-state index in [-0.39, 0.29) is 54.7 Å². The number of hydrogen-bond donors (Lipinski definition) is 2. The third kappa shape index (κ3) is 5.46. The van der Waals surface area contributed by atoms with E-state index < -0.39 is 10.0 Å². The number of hydrogen-bond acceptors (Lipinski definition) is 6. The average Bonchev–Trinajstić information content (AvgIpc) is 3.07. The second-order valence-corrected chi connectivity index (χ2v) is 10.1. The van der Waals surface area contributed by atoms with Crippen LogP contribution in [0.3, 0.4) is 0 Å². The minimum Gasteiger partial charge on any atom is -0.360 e. The van der Waals surface area contributed by atoms with Crippen LogP contribution in [-0.4, -0.2) is 60.9 Å². The highest BCUT2D eigenvalue weighted by molar-refractivity contribution is 7.89. The number of nitrogens with zero attached hydrogens (tertiary/aromatic N) is 3. The summed E-state index contributed by atoms with van der Waals surface area (Å²) in [5.74, 6) is 0.473. The van der Waals surface area contributed by atoms with Gasteiger partial charge in [0.2, 0.25) is 15.9 Å². The second-order valence-electron chi connectivity index (χ2n) is 8.20. The molecule has 1 aliphatic heterocycles. The quantitative estimate of drug-likeness (QED) is 0.679. The molecule has 1 aromatic heterocycles. The highest BCUT2D eigenvalue weighted by Gasteiger charge is 2.34. The smallest absolute Gasteiger partial charge is 0.321 e. The maximum absolute atomic E-state index is 12.9. The Labute approximate surface area is 188 Å². The number of sulfonamides is 1. The molecule has 0 unspecified atom stereocenters. The van der Waals surface area contributed by atoms with Crippen LogP contribution in [0, 0.1) is 19.8 Å². The lowest BCUT2D eigenvalue weighted by Crippen LogP contribution is -2.51. The van der Waals surface area contributed by atoms with Gasteiger partial charge in [0.15, 0.2) is 5.76 Å². The Morgan fingerprint density at radius 2 is 1.59 bits per heavy atom. The molecule has 1 aliphatic rings. The van der Waals surface area contributed by atoms with Crippen LogP contribution in [0.25, 0.3) is 0 Å². The largest absolute Gasteiger partial charge is 0.360 e. The van der Waals surface area contributed by atoms with Crippen LogP contribution in [0.5, 0.6) is 0 Å². The summed E-state index contributed by atoms with van der Waals surface area (Å²) in [6.07, 6.45) is 0.441. The summed E-state index contributed by atoms with van der Waals surface area (Å²) in [5, 5.41) is 9.35. The van der Waals surface area contributed by atoms with Crippen LogP contribution in [0.2, 0.25) is 0 Å². The number of aromatic nitrogens is 1. The van der Waals surface area contributed by atoms with Crippen molar-refractivity contribution in [1.29, 1.82) is 0 Å². The van der Waals surface area contributed by atoms with Crippen molar-refractivity contribution in [3.05, 3.63) is 35.7 Å². The molecular weight excluding hydrogens is 434 g/mol. The average molecular weight is 464 g/mol. The Bertz CT molecular complexity index is 1050. The molecule has 2 heterocycles. The van der Waals surface area contributed by atoms with Crippen LogP contribution >= 0.6 is 0 Å². The van der Waals surface area contributed by atoms with E-state index in [0.717, 1.165) is 0 Å². The van der Waals surface area contributed by atoms with Gasteiger partial charge in [-0.1, -0.05) is 19.0 Å². The van der Waals surface area contributed by atoms with Crippen molar-refractivity contribution in [1.82, 2.24) is 14.4 Å². The molecule has 2 aromatic rings. The zero-order valence-corrected chi connectivity index (χ0v) is 19.5. The number of nitrogens with one attached hydrogen (secondary N) is 2. The summed E-state index contributed by atoms with van der Waals surface area (Å²) in [5.41, 5.74) is 1.57. The number of carbonyl (C=O) groups excluding carboxylic acids is 2. The monoisotopic (exact) mass is 463 g/mol. The van der Waals surface area contributed by atoms with Gasteiger partial charge in [0.25, 0.3) is 0 Å². The minimum atomic E-state index is -3.73. The standard InChI is InChI=1S/C21H29N5O5S/c1-14(2)13-19(27)22-17-5-7-18(8-6-17)23-21(28)25-9-11-26(12-10-25)32(29,30)20-15(3)24-31-16(20)4/h5-8,14H,9-13H2,1-4H3,(H,22,27)(H,23,28). The maximum atomic E-state index is 12.9. The first-order chi connectivity index (χ1) is 15.1. The summed E-state index contributed by atoms with van der Waals surface area (Å²) in [7, 11) is -3.73. The first-order valence-corrected chi connectivity index (χ1v) is 11.9. The first kappa shape index (κ1) is 23.7. The van der Waals surface area contributed by atoms with Gasteiger partial charge in [0, 0.05) is 44.0 Å². The summed E-state index contributed by atoms with van der Waals surface area (Å²) < 4.78 is 32.1. The molecule has 3 amide bonds. The number of benzene rings is 1. The number of urea groups is 1. The van der Waals surface area contributed by atoms with Gasteiger partial charge in [-0.05, 0) is 44.0 Å². The molecule has 10 nitrogen and oxygen atoms in total. The van der Waals surface area contributed by atoms with Crippen LogP contribution in [0.15, 0.2) is 33.7 Å². The van der Waals surface area contributed by atoms with Gasteiger partial charge in [-0.15, -0.1) is 0 Å². The fourth-order valence-electron chi connectivity index (χ4n) is 3.53. The van der Waals surface area contributed by atoms with E-state index in [4.69, 9.17) is 4.52 Å². The zero-order chi connectivity index (χ0) is 23.5. The topological polar surface area (TPSA) is 125 Å². The minimum absolute atomic E-state index is 0.0544. The van der Waals surface area contributed by atoms with E-state index in [1.54, 1.807) is 43.0 Å². The van der Waals surface area contributed by atoms with Gasteiger partial charge in [-0.2, -0.15) is 4.31 Å². The number of piperazine rings is 1. The molecule has 0 spiro atoms. The molecule has 0 aliphatic carbocycles. The molecule has 1 fully saturated rings. The highest BCUT2D eigenvalue weighted by atomic mass is 32.2. The lowest BCUT2D eigenvalue weighted by Gasteiger charge is -2.33. The third-order valence-corrected chi connectivity index (χ3v) is 7.25. The van der Waals surface area contributed by atoms with Gasteiger partial charge >= 0.3 is 6.03 Å². The molecule has 0 atom stereocenters. The molecule has 174 valence electrons. The van der Waals surface area contributed by atoms with Crippen molar-refractivity contribution in [3.63, 3.8) is 0 Å². The molecule has 0 radical (unpaired) electrons. The zero-order valence-electron chi connectivity index (χ0n) is 18.7. The molecular formula is C21H29N5O5S. The fourth-order valence-corrected chi connectivity index (χ4v) is 5.24. The number of aryl methyl sites for hydroxylation is 2. The van der Waals surface area contributed by atoms with Crippen LogP contribution in [0.4, 0.5) is 16.2 Å². The summed E-state index contributed by atoms with van der Waals surface area (Å²) in [6.45, 7) is 8.00. The number of anilines is 2. The summed E-state index contributed by atoms with van der Waals surface area (Å²) in [6, 6.07) is 6.56. The van der Waals surface area contributed by atoms with E-state index in [1.807, 2.05) is 13.8 Å². The number of amides is 3. The normalized spacial score (nSPS) is 15.1. The van der Waals surface area contributed by atoms with Gasteiger partial charge in [0.05, 0.1) is 0 Å². The Kier molecular flexibility index (Phi) is 7.19. The van der Waals surface area contributed by atoms with E-state index in [2.05, 4.69) is 15.8 Å². The molecule has 11 heteroatoms. The van der Waals surface area contributed by atoms with Crippen molar-refractivity contribution in [2.75, 3.05) is 36.8 Å². The third-order valence-electron chi connectivity index (χ3n) is 5.11. The predicted molar refractivity (Wildman–Crippen MR) is 120 cm³/mol. The Hall–Kier alpha value is -2.92. The molecule has 0 saturated carbocycles. The lowest BCUT2D eigenvalue weighted by atomic mass is 10.1. The van der Waals surface area contributed by atoms with E-state index in [9.17, 15) is 18.0 Å². The van der Waals surface area contributed by atoms with Crippen molar-refractivity contribution in [2.24, 2.45) is 5.92 Å². The highest BCUT2D eigenvalue weighted by Crippen LogP contribution is 2.24. The van der Waals surface area contributed by atoms with E-state index in [0.29, 0.717) is 23.5 Å². The molecule has 32 heavy (non-hydrogen) atoms. The molecule has 0 bridgehead atoms. The first-order valence-electron chi connectivity index (χ1n) is 10.5. The molecule has 2 N–H and O–H groups in total. The van der Waals surface area contributed by atoms with Crippen molar-refractivity contribution >= 4 is 33.3 Å². The van der Waals surface area contributed by atoms with Crippen LogP contribution in [0.1, 0.15) is 31.7 Å². The van der Waals surface area contributed by atoms with Crippen LogP contribution < -0.4 is 10.6 Å². The number of carbonyl (C=O) groups is 2. The lowest BCUT2D eigenvalue weighted by molar-refractivity contribution is -0.116. The fraction of sp³-hybridized carbons (Fsp3) is 0.476. The number of rotatable bonds is 6. The summed E-state index contributed by atoms with van der Waals surface area (Å²) >= 11 is 0. The van der Waals surface area contributed by atoms with Crippen LogP contribution in [-0.2, 0) is 14.8 Å². The maximum Gasteiger partial charge on any atom is 0.321 e. The Morgan fingerprint density at radius 1 is 1.03 bits per heavy atom. The second kappa shape index (κ2) is 9.70.